The second-order valence-corrected chi connectivity index (χ2v) is 3.74. The molecular formula is C10H2F12O4Sr. The molecule has 0 spiro atoms. The number of carbonyl (C=O) groups is 2. The molecule has 0 N–H and O–H groups in total. The average Bonchev–Trinajstić information content (AvgIpc) is 2.34. The van der Waals surface area contributed by atoms with E-state index in [1.807, 2.05) is 0 Å². The second kappa shape index (κ2) is 10.6. The standard InChI is InChI=1S/2C5H2F6O2.Sr/c2*6-4(7,8)2(12)1-3(13)5(9,10)11;/h2*1,12H;/q;;+2/p-2/b2-1+;2-1-;. The van der Waals surface area contributed by atoms with Crippen LogP contribution in [0.4, 0.5) is 52.7 Å². The van der Waals surface area contributed by atoms with Gasteiger partial charge < -0.3 is 10.2 Å². The first kappa shape index (κ1) is 30.8. The molecule has 0 amide bonds. The van der Waals surface area contributed by atoms with Crippen LogP contribution in [0.25, 0.3) is 0 Å². The van der Waals surface area contributed by atoms with Crippen molar-refractivity contribution in [2.24, 2.45) is 0 Å². The van der Waals surface area contributed by atoms with Gasteiger partial charge in [0.2, 0.25) is 0 Å². The molecule has 0 unspecified atom stereocenters. The fraction of sp³-hybridized carbons (Fsp3) is 0.400. The third kappa shape index (κ3) is 13.8. The van der Waals surface area contributed by atoms with Gasteiger partial charge in [0, 0.05) is 0 Å². The zero-order valence-corrected chi connectivity index (χ0v) is 15.5. The van der Waals surface area contributed by atoms with Crippen molar-refractivity contribution >= 4 is 57.0 Å². The van der Waals surface area contributed by atoms with Crippen LogP contribution in [-0.4, -0.2) is 81.8 Å². The molecule has 0 saturated carbocycles. The summed E-state index contributed by atoms with van der Waals surface area (Å²) in [5.74, 6) is -11.3. The first-order valence-corrected chi connectivity index (χ1v) is 5.24. The van der Waals surface area contributed by atoms with Crippen molar-refractivity contribution in [3.63, 3.8) is 0 Å². The number of alkyl halides is 12. The molecule has 0 atom stereocenters. The fourth-order valence-corrected chi connectivity index (χ4v) is 0.565. The largest absolute Gasteiger partial charge is 2.00 e. The van der Waals surface area contributed by atoms with Gasteiger partial charge >= 0.3 is 70.2 Å². The minimum absolute atomic E-state index is 0. The molecule has 0 aromatic rings. The first-order chi connectivity index (χ1) is 11.1. The molecular weight excluding hydrogens is 500 g/mol. The fourth-order valence-electron chi connectivity index (χ4n) is 0.565. The maximum atomic E-state index is 11.3. The minimum Gasteiger partial charge on any atom is -0.869 e. The van der Waals surface area contributed by atoms with Gasteiger partial charge in [0.15, 0.2) is 0 Å². The number of allylic oxidation sites excluding steroid dienone is 4. The van der Waals surface area contributed by atoms with Crippen LogP contribution in [0.3, 0.4) is 0 Å². The molecule has 0 aromatic heterocycles. The van der Waals surface area contributed by atoms with Crippen molar-refractivity contribution in [3.05, 3.63) is 23.7 Å². The predicted octanol–water partition coefficient (Wildman–Crippen LogP) is 1.47. The molecule has 0 rings (SSSR count). The molecule has 0 bridgehead atoms. The quantitative estimate of drug-likeness (QED) is 0.248. The minimum atomic E-state index is -5.46. The van der Waals surface area contributed by atoms with E-state index < -0.39 is 59.9 Å². The normalized spacial score (nSPS) is 13.9. The third-order valence-electron chi connectivity index (χ3n) is 1.64. The van der Waals surface area contributed by atoms with E-state index in [2.05, 4.69) is 0 Å². The summed E-state index contributed by atoms with van der Waals surface area (Å²) in [6.07, 6.45) is -23.9. The molecule has 0 aliphatic heterocycles. The van der Waals surface area contributed by atoms with Crippen molar-refractivity contribution in [3.8, 4) is 0 Å². The summed E-state index contributed by atoms with van der Waals surface area (Å²) in [5, 5.41) is 19.6. The van der Waals surface area contributed by atoms with Crippen LogP contribution in [-0.2, 0) is 9.59 Å². The van der Waals surface area contributed by atoms with Gasteiger partial charge in [-0.25, -0.2) is 0 Å². The maximum absolute atomic E-state index is 11.3. The topological polar surface area (TPSA) is 80.3 Å². The van der Waals surface area contributed by atoms with E-state index in [-0.39, 0.29) is 45.5 Å². The van der Waals surface area contributed by atoms with Gasteiger partial charge in [0.25, 0.3) is 11.6 Å². The Morgan fingerprint density at radius 3 is 0.815 bits per heavy atom. The third-order valence-corrected chi connectivity index (χ3v) is 1.64. The number of hydrogen-bond donors (Lipinski definition) is 0. The van der Waals surface area contributed by atoms with E-state index in [1.165, 1.54) is 0 Å². The molecule has 27 heavy (non-hydrogen) atoms. The Hall–Kier alpha value is -0.939. The van der Waals surface area contributed by atoms with Gasteiger partial charge in [-0.3, -0.25) is 9.59 Å². The Morgan fingerprint density at radius 2 is 0.704 bits per heavy atom. The van der Waals surface area contributed by atoms with Crippen LogP contribution < -0.4 is 10.2 Å². The summed E-state index contributed by atoms with van der Waals surface area (Å²) >= 11 is 0. The van der Waals surface area contributed by atoms with Crippen LogP contribution in [0.5, 0.6) is 0 Å². The molecule has 0 aliphatic rings. The van der Waals surface area contributed by atoms with Crippen molar-refractivity contribution in [1.82, 2.24) is 0 Å². The van der Waals surface area contributed by atoms with Crippen molar-refractivity contribution in [2.75, 3.05) is 0 Å². The van der Waals surface area contributed by atoms with E-state index in [0.29, 0.717) is 0 Å². The first-order valence-electron chi connectivity index (χ1n) is 5.24. The van der Waals surface area contributed by atoms with Crippen LogP contribution in [0.1, 0.15) is 0 Å². The number of hydrogen-bond acceptors (Lipinski definition) is 4. The predicted molar refractivity (Wildman–Crippen MR) is 56.2 cm³/mol. The molecule has 0 heterocycles. The van der Waals surface area contributed by atoms with Crippen molar-refractivity contribution < 1.29 is 72.5 Å². The summed E-state index contributed by atoms with van der Waals surface area (Å²) in [4.78, 5) is 19.6. The summed E-state index contributed by atoms with van der Waals surface area (Å²) < 4.78 is 136. The van der Waals surface area contributed by atoms with Gasteiger partial charge in [-0.05, 0) is 23.7 Å². The van der Waals surface area contributed by atoms with Gasteiger partial charge in [-0.2, -0.15) is 52.7 Å². The van der Waals surface area contributed by atoms with Gasteiger partial charge in [-0.15, -0.1) is 0 Å². The molecule has 17 heteroatoms. The Labute approximate surface area is 177 Å². The number of halogens is 12. The smallest absolute Gasteiger partial charge is 0.869 e. The van der Waals surface area contributed by atoms with Crippen LogP contribution in [0.2, 0.25) is 0 Å². The summed E-state index contributed by atoms with van der Waals surface area (Å²) in [6.45, 7) is 0. The Bertz CT molecular complexity index is 527. The van der Waals surface area contributed by atoms with E-state index in [4.69, 9.17) is 0 Å². The summed E-state index contributed by atoms with van der Waals surface area (Å²) in [6, 6.07) is 0. The monoisotopic (exact) mass is 502 g/mol. The van der Waals surface area contributed by atoms with E-state index in [0.717, 1.165) is 0 Å². The molecule has 0 radical (unpaired) electrons. The van der Waals surface area contributed by atoms with Gasteiger partial charge in [0.05, 0.1) is 0 Å². The molecule has 0 aromatic carbocycles. The van der Waals surface area contributed by atoms with Crippen molar-refractivity contribution in [2.45, 2.75) is 24.7 Å². The Morgan fingerprint density at radius 1 is 0.519 bits per heavy atom. The molecule has 0 saturated heterocycles. The molecule has 0 aliphatic carbocycles. The van der Waals surface area contributed by atoms with Crippen LogP contribution >= 0.6 is 0 Å². The molecule has 4 nitrogen and oxygen atoms in total. The maximum Gasteiger partial charge on any atom is 2.00 e. The van der Waals surface area contributed by atoms with E-state index >= 15 is 0 Å². The summed E-state index contributed by atoms with van der Waals surface area (Å²) in [7, 11) is 0. The Balaban J connectivity index is -0.000000411. The van der Waals surface area contributed by atoms with Crippen molar-refractivity contribution in [1.29, 1.82) is 0 Å². The van der Waals surface area contributed by atoms with E-state index in [9.17, 15) is 72.5 Å². The van der Waals surface area contributed by atoms with E-state index in [1.54, 1.807) is 0 Å². The van der Waals surface area contributed by atoms with Gasteiger partial charge in [0.1, 0.15) is 0 Å². The van der Waals surface area contributed by atoms with Crippen LogP contribution in [0, 0.1) is 0 Å². The molecule has 152 valence electrons. The zero-order chi connectivity index (χ0) is 21.7. The average molecular weight is 502 g/mol. The SMILES string of the molecule is O=C(/C=C(/[O-])C(F)(F)F)C(F)(F)F.O=C(/C=C(\[O-])C(F)(F)F)C(F)(F)F.[Sr+2]. The number of rotatable bonds is 2. The van der Waals surface area contributed by atoms with Crippen LogP contribution in [0.15, 0.2) is 23.7 Å². The zero-order valence-electron chi connectivity index (χ0n) is 12.0. The Kier molecular flexibility index (Phi) is 12.0. The second-order valence-electron chi connectivity index (χ2n) is 3.74. The summed E-state index contributed by atoms with van der Waals surface area (Å²) in [5.41, 5.74) is 0. The molecule has 0 fully saturated rings. The van der Waals surface area contributed by atoms with Gasteiger partial charge in [-0.1, -0.05) is 0 Å². The number of carbonyl (C=O) groups excluding carboxylic acids is 2. The number of ketones is 2.